The van der Waals surface area contributed by atoms with Crippen LogP contribution in [-0.2, 0) is 27.4 Å². The molecule has 0 N–H and O–H groups in total. The molecule has 0 saturated heterocycles. The number of hydrogen-bond donors (Lipinski definition) is 0. The monoisotopic (exact) mass is 375 g/mol. The molecule has 0 unspecified atom stereocenters. The lowest BCUT2D eigenvalue weighted by Gasteiger charge is -2.07. The highest BCUT2D eigenvalue weighted by Crippen LogP contribution is 2.12. The van der Waals surface area contributed by atoms with Gasteiger partial charge in [-0.15, -0.1) is 0 Å². The molecule has 0 bridgehead atoms. The van der Waals surface area contributed by atoms with Crippen LogP contribution < -0.4 is 0 Å². The number of halogens is 1. The molecule has 0 aliphatic heterocycles. The maximum Gasteiger partial charge on any atom is 0.356 e. The molecule has 0 amide bonds. The smallest absolute Gasteiger partial charge is 0.356 e. The first-order chi connectivity index (χ1) is 11.2. The van der Waals surface area contributed by atoms with E-state index >= 15 is 0 Å². The number of oxime groups is 1. The van der Waals surface area contributed by atoms with E-state index < -0.39 is 5.97 Å². The summed E-state index contributed by atoms with van der Waals surface area (Å²) in [5.41, 5.74) is 2.21. The second-order valence-corrected chi connectivity index (χ2v) is 5.74. The van der Waals surface area contributed by atoms with E-state index in [-0.39, 0.29) is 5.71 Å². The van der Waals surface area contributed by atoms with E-state index in [9.17, 15) is 4.79 Å². The number of esters is 1. The quantitative estimate of drug-likeness (QED) is 0.415. The van der Waals surface area contributed by atoms with Crippen molar-refractivity contribution < 1.29 is 14.4 Å². The zero-order chi connectivity index (χ0) is 16.5. The molecule has 2 aromatic carbocycles. The third-order valence-corrected chi connectivity index (χ3v) is 3.57. The van der Waals surface area contributed by atoms with Gasteiger partial charge in [0.2, 0.25) is 0 Å². The third kappa shape index (κ3) is 5.87. The van der Waals surface area contributed by atoms with Crippen LogP contribution in [-0.4, -0.2) is 18.3 Å². The van der Waals surface area contributed by atoms with Gasteiger partial charge in [0.1, 0.15) is 6.61 Å². The average Bonchev–Trinajstić information content (AvgIpc) is 2.57. The summed E-state index contributed by atoms with van der Waals surface area (Å²) in [4.78, 5) is 17.3. The lowest BCUT2D eigenvalue weighted by molar-refractivity contribution is -0.135. The molecular formula is C18H18BrNO3. The zero-order valence-corrected chi connectivity index (χ0v) is 14.5. The van der Waals surface area contributed by atoms with E-state index in [1.54, 1.807) is 6.92 Å². The summed E-state index contributed by atoms with van der Waals surface area (Å²) in [6.45, 7) is 2.38. The zero-order valence-electron chi connectivity index (χ0n) is 12.9. The average molecular weight is 376 g/mol. The molecule has 4 nitrogen and oxygen atoms in total. The first-order valence-corrected chi connectivity index (χ1v) is 8.12. The molecule has 5 heteroatoms. The summed E-state index contributed by atoms with van der Waals surface area (Å²) in [5.74, 6) is -0.455. The molecule has 23 heavy (non-hydrogen) atoms. The van der Waals surface area contributed by atoms with Gasteiger partial charge in [0.25, 0.3) is 0 Å². The highest BCUT2D eigenvalue weighted by molar-refractivity contribution is 9.10. The van der Waals surface area contributed by atoms with E-state index in [4.69, 9.17) is 9.57 Å². The summed E-state index contributed by atoms with van der Waals surface area (Å²) >= 11 is 3.39. The molecule has 0 fully saturated rings. The molecule has 2 rings (SSSR count). The van der Waals surface area contributed by atoms with Gasteiger partial charge in [-0.25, -0.2) is 4.79 Å². The highest BCUT2D eigenvalue weighted by atomic mass is 79.9. The number of ether oxygens (including phenoxy) is 1. The molecule has 0 aliphatic carbocycles. The Morgan fingerprint density at radius 2 is 1.74 bits per heavy atom. The van der Waals surface area contributed by atoms with Crippen molar-refractivity contribution in [1.82, 2.24) is 0 Å². The maximum absolute atomic E-state index is 12.0. The van der Waals surface area contributed by atoms with Gasteiger partial charge in [0.05, 0.1) is 6.61 Å². The second kappa shape index (κ2) is 9.10. The van der Waals surface area contributed by atoms with Crippen molar-refractivity contribution >= 4 is 27.6 Å². The molecule has 0 saturated carbocycles. The Hall–Kier alpha value is -2.14. The molecule has 0 aromatic heterocycles. The van der Waals surface area contributed by atoms with Gasteiger partial charge in [-0.1, -0.05) is 63.6 Å². The largest absolute Gasteiger partial charge is 0.461 e. The Bertz CT molecular complexity index is 654. The Morgan fingerprint density at radius 1 is 1.04 bits per heavy atom. The van der Waals surface area contributed by atoms with Gasteiger partial charge < -0.3 is 9.57 Å². The Kier molecular flexibility index (Phi) is 6.81. The third-order valence-electron chi connectivity index (χ3n) is 3.04. The van der Waals surface area contributed by atoms with Crippen LogP contribution in [0.4, 0.5) is 0 Å². The summed E-state index contributed by atoms with van der Waals surface area (Å²) in [5, 5.41) is 3.99. The van der Waals surface area contributed by atoms with Crippen LogP contribution in [0.5, 0.6) is 0 Å². The van der Waals surface area contributed by atoms with Crippen LogP contribution in [0.3, 0.4) is 0 Å². The van der Waals surface area contributed by atoms with Crippen molar-refractivity contribution in [1.29, 1.82) is 0 Å². The number of benzene rings is 2. The van der Waals surface area contributed by atoms with Gasteiger partial charge in [0.15, 0.2) is 5.71 Å². The molecule has 120 valence electrons. The topological polar surface area (TPSA) is 47.9 Å². The van der Waals surface area contributed by atoms with E-state index in [1.807, 2.05) is 54.6 Å². The van der Waals surface area contributed by atoms with Crippen molar-refractivity contribution in [2.75, 3.05) is 6.61 Å². The SMILES string of the molecule is CCOC(=O)/C(Cc1ccc(Br)cc1)=N\OCc1ccccc1. The fourth-order valence-electron chi connectivity index (χ4n) is 1.91. The standard InChI is InChI=1S/C18H18BrNO3/c1-2-22-18(21)17(12-14-8-10-16(19)11-9-14)20-23-13-15-6-4-3-5-7-15/h3-11H,2,12-13H2,1H3/b20-17-. The lowest BCUT2D eigenvalue weighted by Crippen LogP contribution is -2.20. The number of carbonyl (C=O) groups excluding carboxylic acids is 1. The van der Waals surface area contributed by atoms with Gasteiger partial charge in [-0.3, -0.25) is 0 Å². The van der Waals surface area contributed by atoms with E-state index in [0.717, 1.165) is 15.6 Å². The van der Waals surface area contributed by atoms with Crippen molar-refractivity contribution in [2.24, 2.45) is 5.16 Å². The first-order valence-electron chi connectivity index (χ1n) is 7.33. The highest BCUT2D eigenvalue weighted by Gasteiger charge is 2.14. The van der Waals surface area contributed by atoms with Gasteiger partial charge >= 0.3 is 5.97 Å². The lowest BCUT2D eigenvalue weighted by atomic mass is 10.1. The van der Waals surface area contributed by atoms with Crippen LogP contribution >= 0.6 is 15.9 Å². The number of hydrogen-bond acceptors (Lipinski definition) is 4. The van der Waals surface area contributed by atoms with Gasteiger partial charge in [-0.05, 0) is 30.2 Å². The molecule has 2 aromatic rings. The van der Waals surface area contributed by atoms with Crippen molar-refractivity contribution in [3.63, 3.8) is 0 Å². The molecule has 0 aliphatic rings. The number of carbonyl (C=O) groups is 1. The van der Waals surface area contributed by atoms with E-state index in [2.05, 4.69) is 21.1 Å². The van der Waals surface area contributed by atoms with E-state index in [0.29, 0.717) is 19.6 Å². The molecule has 0 radical (unpaired) electrons. The van der Waals surface area contributed by atoms with Crippen molar-refractivity contribution in [3.05, 3.63) is 70.2 Å². The van der Waals surface area contributed by atoms with Crippen LogP contribution in [0, 0.1) is 0 Å². The summed E-state index contributed by atoms with van der Waals surface area (Å²) in [6.07, 6.45) is 0.362. The Morgan fingerprint density at radius 3 is 2.39 bits per heavy atom. The molecule has 0 spiro atoms. The Balaban J connectivity index is 2.05. The van der Waals surface area contributed by atoms with Crippen LogP contribution in [0.15, 0.2) is 64.2 Å². The summed E-state index contributed by atoms with van der Waals surface area (Å²) in [7, 11) is 0. The Labute approximate surface area is 144 Å². The number of nitrogens with zero attached hydrogens (tertiary/aromatic N) is 1. The van der Waals surface area contributed by atoms with Crippen LogP contribution in [0.1, 0.15) is 18.1 Å². The minimum absolute atomic E-state index is 0.255. The van der Waals surface area contributed by atoms with Crippen LogP contribution in [0.2, 0.25) is 0 Å². The minimum Gasteiger partial charge on any atom is -0.461 e. The fraction of sp³-hybridized carbons (Fsp3) is 0.222. The first kappa shape index (κ1) is 17.2. The van der Waals surface area contributed by atoms with E-state index in [1.165, 1.54) is 0 Å². The van der Waals surface area contributed by atoms with Crippen molar-refractivity contribution in [2.45, 2.75) is 20.0 Å². The maximum atomic E-state index is 12.0. The predicted molar refractivity (Wildman–Crippen MR) is 93.1 cm³/mol. The summed E-state index contributed by atoms with van der Waals surface area (Å²) < 4.78 is 6.03. The van der Waals surface area contributed by atoms with Crippen molar-refractivity contribution in [3.8, 4) is 0 Å². The fourth-order valence-corrected chi connectivity index (χ4v) is 2.18. The molecule has 0 heterocycles. The number of rotatable bonds is 7. The van der Waals surface area contributed by atoms with Gasteiger partial charge in [-0.2, -0.15) is 0 Å². The van der Waals surface area contributed by atoms with Crippen LogP contribution in [0.25, 0.3) is 0 Å². The predicted octanol–water partition coefficient (Wildman–Crippen LogP) is 4.13. The normalized spacial score (nSPS) is 11.1. The second-order valence-electron chi connectivity index (χ2n) is 4.82. The molecule has 0 atom stereocenters. The summed E-state index contributed by atoms with van der Waals surface area (Å²) in [6, 6.07) is 17.4. The minimum atomic E-state index is -0.455. The molecular weight excluding hydrogens is 358 g/mol. The van der Waals surface area contributed by atoms with Gasteiger partial charge in [0, 0.05) is 10.9 Å².